The number of rotatable bonds is 5. The quantitative estimate of drug-likeness (QED) is 0.427. The Bertz CT molecular complexity index is 873. The highest BCUT2D eigenvalue weighted by Crippen LogP contribution is 2.37. The van der Waals surface area contributed by atoms with E-state index in [1.54, 1.807) is 12.3 Å². The Morgan fingerprint density at radius 2 is 1.92 bits per heavy atom. The van der Waals surface area contributed by atoms with E-state index in [9.17, 15) is 10.1 Å². The highest BCUT2D eigenvalue weighted by Gasteiger charge is 2.24. The number of hydrogen-bond acceptors (Lipinski definition) is 7. The van der Waals surface area contributed by atoms with Gasteiger partial charge in [0.1, 0.15) is 12.1 Å². The number of aryl methyl sites for hydroxylation is 1. The van der Waals surface area contributed by atoms with Crippen molar-refractivity contribution in [1.29, 1.82) is 0 Å². The molecule has 0 radical (unpaired) electrons. The molecule has 0 fully saturated rings. The number of hydrogen-bond donors (Lipinski definition) is 1. The van der Waals surface area contributed by atoms with Gasteiger partial charge in [0.15, 0.2) is 5.03 Å². The molecule has 2 aromatic heterocycles. The number of nitro groups is 1. The summed E-state index contributed by atoms with van der Waals surface area (Å²) in [6, 6.07) is 13.0. The fourth-order valence-electron chi connectivity index (χ4n) is 2.02. The van der Waals surface area contributed by atoms with Gasteiger partial charge in [0.05, 0.1) is 4.92 Å². The lowest BCUT2D eigenvalue weighted by molar-refractivity contribution is -0.387. The summed E-state index contributed by atoms with van der Waals surface area (Å²) in [6.07, 6.45) is 2.93. The van der Waals surface area contributed by atoms with Crippen LogP contribution >= 0.6 is 11.8 Å². The van der Waals surface area contributed by atoms with E-state index in [1.807, 2.05) is 43.3 Å². The van der Waals surface area contributed by atoms with Gasteiger partial charge in [-0.2, -0.15) is 0 Å². The number of nitrogens with zero attached hydrogens (tertiary/aromatic N) is 4. The zero-order valence-corrected chi connectivity index (χ0v) is 13.5. The van der Waals surface area contributed by atoms with Crippen molar-refractivity contribution in [2.24, 2.45) is 0 Å². The van der Waals surface area contributed by atoms with Crippen LogP contribution in [0.25, 0.3) is 0 Å². The zero-order valence-electron chi connectivity index (χ0n) is 12.7. The molecule has 1 N–H and O–H groups in total. The lowest BCUT2D eigenvalue weighted by Gasteiger charge is -2.08. The van der Waals surface area contributed by atoms with E-state index >= 15 is 0 Å². The van der Waals surface area contributed by atoms with E-state index in [-0.39, 0.29) is 16.5 Å². The molecule has 0 amide bonds. The fraction of sp³-hybridized carbons (Fsp3) is 0.0625. The van der Waals surface area contributed by atoms with Crippen LogP contribution in [-0.2, 0) is 0 Å². The third-order valence-corrected chi connectivity index (χ3v) is 4.09. The molecule has 0 spiro atoms. The van der Waals surface area contributed by atoms with Crippen molar-refractivity contribution >= 4 is 29.1 Å². The van der Waals surface area contributed by atoms with Gasteiger partial charge in [0, 0.05) is 11.1 Å². The molecular weight excluding hydrogens is 326 g/mol. The van der Waals surface area contributed by atoms with Gasteiger partial charge in [-0.1, -0.05) is 30.0 Å². The monoisotopic (exact) mass is 339 g/mol. The lowest BCUT2D eigenvalue weighted by Crippen LogP contribution is -2.03. The SMILES string of the molecule is Cc1ccnc(Nc2ncnc(Sc3ccccc3)c2[N+](=O)[O-])c1. The van der Waals surface area contributed by atoms with Crippen molar-refractivity contribution in [3.63, 3.8) is 0 Å². The van der Waals surface area contributed by atoms with Crippen molar-refractivity contribution in [3.05, 3.63) is 70.7 Å². The third-order valence-electron chi connectivity index (χ3n) is 3.09. The summed E-state index contributed by atoms with van der Waals surface area (Å²) in [7, 11) is 0. The van der Waals surface area contributed by atoms with Crippen LogP contribution in [0.4, 0.5) is 17.3 Å². The lowest BCUT2D eigenvalue weighted by atomic mass is 10.3. The van der Waals surface area contributed by atoms with Crippen molar-refractivity contribution in [3.8, 4) is 0 Å². The minimum absolute atomic E-state index is 0.117. The first kappa shape index (κ1) is 15.9. The average molecular weight is 339 g/mol. The Hall–Kier alpha value is -3.00. The fourth-order valence-corrected chi connectivity index (χ4v) is 2.90. The molecule has 0 saturated heterocycles. The van der Waals surface area contributed by atoms with Crippen LogP contribution in [0.2, 0.25) is 0 Å². The van der Waals surface area contributed by atoms with Gasteiger partial charge >= 0.3 is 5.69 Å². The van der Waals surface area contributed by atoms with Crippen molar-refractivity contribution < 1.29 is 4.92 Å². The number of aromatic nitrogens is 3. The molecule has 120 valence electrons. The maximum Gasteiger partial charge on any atom is 0.343 e. The van der Waals surface area contributed by atoms with E-state index in [2.05, 4.69) is 20.3 Å². The number of pyridine rings is 1. The van der Waals surface area contributed by atoms with Gasteiger partial charge < -0.3 is 5.32 Å². The van der Waals surface area contributed by atoms with Crippen LogP contribution in [0.3, 0.4) is 0 Å². The second kappa shape index (κ2) is 7.05. The normalized spacial score (nSPS) is 10.4. The van der Waals surface area contributed by atoms with Crippen LogP contribution in [0.1, 0.15) is 5.56 Å². The summed E-state index contributed by atoms with van der Waals surface area (Å²) >= 11 is 1.22. The minimum atomic E-state index is -0.483. The number of benzene rings is 1. The summed E-state index contributed by atoms with van der Waals surface area (Å²) in [5.41, 5.74) is 0.817. The highest BCUT2D eigenvalue weighted by atomic mass is 32.2. The van der Waals surface area contributed by atoms with Crippen LogP contribution < -0.4 is 5.32 Å². The van der Waals surface area contributed by atoms with Gasteiger partial charge in [0.25, 0.3) is 0 Å². The molecule has 0 atom stereocenters. The molecule has 1 aromatic carbocycles. The van der Waals surface area contributed by atoms with Crippen LogP contribution in [0.15, 0.2) is 64.9 Å². The van der Waals surface area contributed by atoms with E-state index < -0.39 is 4.92 Å². The molecule has 8 heteroatoms. The molecular formula is C16H13N5O2S. The molecule has 0 bridgehead atoms. The van der Waals surface area contributed by atoms with E-state index in [1.165, 1.54) is 18.1 Å². The van der Waals surface area contributed by atoms with E-state index in [0.29, 0.717) is 5.82 Å². The van der Waals surface area contributed by atoms with Gasteiger partial charge in [0.2, 0.25) is 5.82 Å². The maximum absolute atomic E-state index is 11.5. The van der Waals surface area contributed by atoms with Crippen molar-refractivity contribution in [2.75, 3.05) is 5.32 Å². The number of anilines is 2. The molecule has 0 saturated carbocycles. The Kier molecular flexibility index (Phi) is 4.66. The Morgan fingerprint density at radius 1 is 1.12 bits per heavy atom. The molecule has 2 heterocycles. The largest absolute Gasteiger partial charge is 0.343 e. The first-order chi connectivity index (χ1) is 11.6. The van der Waals surface area contributed by atoms with Crippen molar-refractivity contribution in [2.45, 2.75) is 16.8 Å². The maximum atomic E-state index is 11.5. The van der Waals surface area contributed by atoms with E-state index in [4.69, 9.17) is 0 Å². The highest BCUT2D eigenvalue weighted by molar-refractivity contribution is 7.99. The van der Waals surface area contributed by atoms with Crippen molar-refractivity contribution in [1.82, 2.24) is 15.0 Å². The Labute approximate surface area is 142 Å². The molecule has 0 aliphatic heterocycles. The van der Waals surface area contributed by atoms with Crippen LogP contribution in [0.5, 0.6) is 0 Å². The van der Waals surface area contributed by atoms with Crippen LogP contribution in [0, 0.1) is 17.0 Å². The number of nitrogens with one attached hydrogen (secondary N) is 1. The predicted molar refractivity (Wildman–Crippen MR) is 91.5 cm³/mol. The predicted octanol–water partition coefficient (Wildman–Crippen LogP) is 3.98. The summed E-state index contributed by atoms with van der Waals surface area (Å²) in [6.45, 7) is 1.91. The first-order valence-electron chi connectivity index (χ1n) is 7.05. The van der Waals surface area contributed by atoms with Gasteiger partial charge in [-0.3, -0.25) is 10.1 Å². The minimum Gasteiger partial charge on any atom is -0.319 e. The standard InChI is InChI=1S/C16H13N5O2S/c1-11-7-8-17-13(9-11)20-15-14(21(22)23)16(19-10-18-15)24-12-5-3-2-4-6-12/h2-10H,1H3,(H,17,18,19,20). The molecule has 24 heavy (non-hydrogen) atoms. The summed E-state index contributed by atoms with van der Waals surface area (Å²) in [4.78, 5) is 24.1. The molecule has 0 aliphatic carbocycles. The van der Waals surface area contributed by atoms with Gasteiger partial charge in [-0.15, -0.1) is 0 Å². The summed E-state index contributed by atoms with van der Waals surface area (Å²) in [5.74, 6) is 0.610. The molecule has 7 nitrogen and oxygen atoms in total. The second-order valence-electron chi connectivity index (χ2n) is 4.89. The molecule has 0 unspecified atom stereocenters. The average Bonchev–Trinajstić information content (AvgIpc) is 2.56. The second-order valence-corrected chi connectivity index (χ2v) is 5.95. The Balaban J connectivity index is 1.97. The molecule has 3 rings (SSSR count). The van der Waals surface area contributed by atoms with Crippen LogP contribution in [-0.4, -0.2) is 19.9 Å². The first-order valence-corrected chi connectivity index (χ1v) is 7.87. The summed E-state index contributed by atoms with van der Waals surface area (Å²) in [5, 5.41) is 14.7. The summed E-state index contributed by atoms with van der Waals surface area (Å²) < 4.78 is 0. The topological polar surface area (TPSA) is 93.8 Å². The Morgan fingerprint density at radius 3 is 2.62 bits per heavy atom. The smallest absolute Gasteiger partial charge is 0.319 e. The van der Waals surface area contributed by atoms with Gasteiger partial charge in [-0.25, -0.2) is 15.0 Å². The zero-order chi connectivity index (χ0) is 16.9. The van der Waals surface area contributed by atoms with Gasteiger partial charge in [-0.05, 0) is 36.8 Å². The third kappa shape index (κ3) is 3.66. The molecule has 3 aromatic rings. The molecule has 0 aliphatic rings. The van der Waals surface area contributed by atoms with E-state index in [0.717, 1.165) is 10.5 Å².